The first kappa shape index (κ1) is 16.1. The molecular formula is C14H26N2O3. The van der Waals surface area contributed by atoms with Crippen molar-refractivity contribution in [2.75, 3.05) is 26.3 Å². The number of hydrogen-bond donors (Lipinski definition) is 2. The maximum Gasteiger partial charge on any atom is 0.243 e. The van der Waals surface area contributed by atoms with Gasteiger partial charge in [0.15, 0.2) is 0 Å². The van der Waals surface area contributed by atoms with E-state index >= 15 is 0 Å². The fourth-order valence-corrected chi connectivity index (χ4v) is 2.63. The van der Waals surface area contributed by atoms with Gasteiger partial charge in [0.2, 0.25) is 5.91 Å². The molecule has 3 N–H and O–H groups in total. The minimum atomic E-state index is -0.926. The first-order valence-corrected chi connectivity index (χ1v) is 6.76. The Balaban J connectivity index is 2.83. The molecule has 0 aliphatic heterocycles. The van der Waals surface area contributed by atoms with Crippen LogP contribution < -0.4 is 5.73 Å². The van der Waals surface area contributed by atoms with E-state index in [4.69, 9.17) is 15.6 Å². The van der Waals surface area contributed by atoms with Crippen molar-refractivity contribution in [2.45, 2.75) is 38.8 Å². The Morgan fingerprint density at radius 3 is 2.68 bits per heavy atom. The third-order valence-corrected chi connectivity index (χ3v) is 4.22. The van der Waals surface area contributed by atoms with E-state index in [2.05, 4.69) is 6.58 Å². The number of rotatable bonds is 7. The minimum Gasteiger partial charge on any atom is -0.395 e. The summed E-state index contributed by atoms with van der Waals surface area (Å²) in [5, 5.41) is 9.04. The van der Waals surface area contributed by atoms with Crippen molar-refractivity contribution in [1.82, 2.24) is 4.90 Å². The first-order valence-electron chi connectivity index (χ1n) is 6.76. The van der Waals surface area contributed by atoms with Crippen LogP contribution in [0.25, 0.3) is 0 Å². The molecule has 0 heterocycles. The lowest BCUT2D eigenvalue weighted by molar-refractivity contribution is -0.179. The van der Waals surface area contributed by atoms with E-state index < -0.39 is 11.0 Å². The zero-order chi connectivity index (χ0) is 14.7. The number of amides is 1. The molecule has 0 spiro atoms. The van der Waals surface area contributed by atoms with Crippen LogP contribution >= 0.6 is 0 Å². The second-order valence-electron chi connectivity index (χ2n) is 5.60. The Labute approximate surface area is 115 Å². The second-order valence-corrected chi connectivity index (χ2v) is 5.60. The third-order valence-electron chi connectivity index (χ3n) is 4.22. The predicted octanol–water partition coefficient (Wildman–Crippen LogP) is 0.526. The Morgan fingerprint density at radius 1 is 1.63 bits per heavy atom. The van der Waals surface area contributed by atoms with Crippen molar-refractivity contribution in [3.05, 3.63) is 12.7 Å². The van der Waals surface area contributed by atoms with Crippen LogP contribution in [-0.4, -0.2) is 53.9 Å². The van der Waals surface area contributed by atoms with Gasteiger partial charge in [-0.25, -0.2) is 0 Å². The van der Waals surface area contributed by atoms with Gasteiger partial charge in [-0.15, -0.1) is 6.58 Å². The molecule has 19 heavy (non-hydrogen) atoms. The Bertz CT molecular complexity index is 344. The lowest BCUT2D eigenvalue weighted by atomic mass is 9.54. The number of aliphatic hydroxyl groups is 1. The molecule has 0 aromatic rings. The summed E-state index contributed by atoms with van der Waals surface area (Å²) >= 11 is 0. The quantitative estimate of drug-likeness (QED) is 0.662. The molecule has 1 aliphatic carbocycles. The van der Waals surface area contributed by atoms with Gasteiger partial charge in [-0.2, -0.15) is 0 Å². The number of hydrogen-bond acceptors (Lipinski definition) is 4. The molecular weight excluding hydrogens is 244 g/mol. The average molecular weight is 270 g/mol. The first-order chi connectivity index (χ1) is 8.85. The fraction of sp³-hybridized carbons (Fsp3) is 0.786. The molecule has 2 unspecified atom stereocenters. The van der Waals surface area contributed by atoms with Crippen LogP contribution in [0.5, 0.6) is 0 Å². The van der Waals surface area contributed by atoms with Crippen molar-refractivity contribution in [2.24, 2.45) is 11.1 Å². The Morgan fingerprint density at radius 2 is 2.26 bits per heavy atom. The SMILES string of the molecule is C=CCN(CCO)C(=O)C1(N)CC(OCC)C1(C)C. The van der Waals surface area contributed by atoms with Crippen molar-refractivity contribution < 1.29 is 14.6 Å². The van der Waals surface area contributed by atoms with Crippen LogP contribution in [0.15, 0.2) is 12.7 Å². The molecule has 1 rings (SSSR count). The monoisotopic (exact) mass is 270 g/mol. The molecule has 1 fully saturated rings. The molecule has 5 nitrogen and oxygen atoms in total. The van der Waals surface area contributed by atoms with Crippen LogP contribution in [-0.2, 0) is 9.53 Å². The predicted molar refractivity (Wildman–Crippen MR) is 74.6 cm³/mol. The highest BCUT2D eigenvalue weighted by atomic mass is 16.5. The summed E-state index contributed by atoms with van der Waals surface area (Å²) in [6.07, 6.45) is 2.17. The highest BCUT2D eigenvalue weighted by molar-refractivity contribution is 5.89. The van der Waals surface area contributed by atoms with Gasteiger partial charge >= 0.3 is 0 Å². The van der Waals surface area contributed by atoms with Gasteiger partial charge in [0.25, 0.3) is 0 Å². The molecule has 0 aromatic heterocycles. The number of ether oxygens (including phenoxy) is 1. The van der Waals surface area contributed by atoms with Gasteiger partial charge in [0.05, 0.1) is 12.7 Å². The second kappa shape index (κ2) is 6.03. The summed E-state index contributed by atoms with van der Waals surface area (Å²) in [6, 6.07) is 0. The summed E-state index contributed by atoms with van der Waals surface area (Å²) in [4.78, 5) is 14.1. The van der Waals surface area contributed by atoms with Gasteiger partial charge in [-0.05, 0) is 6.92 Å². The topological polar surface area (TPSA) is 75.8 Å². The Kier molecular flexibility index (Phi) is 5.12. The van der Waals surface area contributed by atoms with Gasteiger partial charge in [-0.1, -0.05) is 19.9 Å². The zero-order valence-electron chi connectivity index (χ0n) is 12.2. The van der Waals surface area contributed by atoms with Crippen LogP contribution in [0, 0.1) is 5.41 Å². The smallest absolute Gasteiger partial charge is 0.243 e. The fourth-order valence-electron chi connectivity index (χ4n) is 2.63. The maximum absolute atomic E-state index is 12.6. The van der Waals surface area contributed by atoms with Crippen molar-refractivity contribution in [3.63, 3.8) is 0 Å². The highest BCUT2D eigenvalue weighted by Crippen LogP contribution is 2.50. The number of nitrogens with two attached hydrogens (primary N) is 1. The zero-order valence-corrected chi connectivity index (χ0v) is 12.2. The molecule has 0 radical (unpaired) electrons. The number of nitrogens with zero attached hydrogens (tertiary/aromatic N) is 1. The minimum absolute atomic E-state index is 0.00570. The standard InChI is InChI=1S/C14H26N2O3/c1-5-7-16(8-9-17)12(18)14(15)10-11(19-6-2)13(14,3)4/h5,11,17H,1,6-10,15H2,2-4H3. The largest absolute Gasteiger partial charge is 0.395 e. The van der Waals surface area contributed by atoms with Crippen LogP contribution in [0.4, 0.5) is 0 Å². The summed E-state index contributed by atoms with van der Waals surface area (Å²) in [6.45, 7) is 10.7. The molecule has 1 saturated carbocycles. The summed E-state index contributed by atoms with van der Waals surface area (Å²) in [5.41, 5.74) is 4.99. The Hall–Kier alpha value is -0.910. The summed E-state index contributed by atoms with van der Waals surface area (Å²) < 4.78 is 5.62. The number of aliphatic hydroxyl groups excluding tert-OH is 1. The normalized spacial score (nSPS) is 28.6. The van der Waals surface area contributed by atoms with Crippen LogP contribution in [0.3, 0.4) is 0 Å². The highest BCUT2D eigenvalue weighted by Gasteiger charge is 2.63. The molecule has 1 aliphatic rings. The lowest BCUT2D eigenvalue weighted by Crippen LogP contribution is -2.76. The third kappa shape index (κ3) is 2.68. The average Bonchev–Trinajstić information content (AvgIpc) is 2.37. The molecule has 5 heteroatoms. The van der Waals surface area contributed by atoms with E-state index in [1.807, 2.05) is 20.8 Å². The summed E-state index contributed by atoms with van der Waals surface area (Å²) in [7, 11) is 0. The van der Waals surface area contributed by atoms with Crippen LogP contribution in [0.1, 0.15) is 27.2 Å². The van der Waals surface area contributed by atoms with Gasteiger partial charge in [-0.3, -0.25) is 4.79 Å². The van der Waals surface area contributed by atoms with Crippen molar-refractivity contribution in [3.8, 4) is 0 Å². The molecule has 2 atom stereocenters. The lowest BCUT2D eigenvalue weighted by Gasteiger charge is -2.58. The van der Waals surface area contributed by atoms with E-state index in [1.165, 1.54) is 0 Å². The maximum atomic E-state index is 12.6. The molecule has 0 bridgehead atoms. The van der Waals surface area contributed by atoms with Crippen molar-refractivity contribution >= 4 is 5.91 Å². The van der Waals surface area contributed by atoms with Gasteiger partial charge < -0.3 is 20.5 Å². The van der Waals surface area contributed by atoms with Gasteiger partial charge in [0.1, 0.15) is 5.54 Å². The van der Waals surface area contributed by atoms with E-state index in [1.54, 1.807) is 11.0 Å². The number of carbonyl (C=O) groups excluding carboxylic acids is 1. The van der Waals surface area contributed by atoms with E-state index in [0.29, 0.717) is 19.6 Å². The summed E-state index contributed by atoms with van der Waals surface area (Å²) in [5.74, 6) is -0.137. The molecule has 0 saturated heterocycles. The van der Waals surface area contributed by atoms with Crippen LogP contribution in [0.2, 0.25) is 0 Å². The molecule has 1 amide bonds. The number of carbonyl (C=O) groups is 1. The van der Waals surface area contributed by atoms with Gasteiger partial charge in [0, 0.05) is 31.5 Å². The molecule has 110 valence electrons. The molecule has 0 aromatic carbocycles. The van der Waals surface area contributed by atoms with E-state index in [9.17, 15) is 4.79 Å². The van der Waals surface area contributed by atoms with E-state index in [0.717, 1.165) is 0 Å². The van der Waals surface area contributed by atoms with E-state index in [-0.39, 0.29) is 25.2 Å². The van der Waals surface area contributed by atoms with Crippen molar-refractivity contribution in [1.29, 1.82) is 0 Å².